The molecule has 7 nitrogen and oxygen atoms in total. The van der Waals surface area contributed by atoms with Gasteiger partial charge in [0.2, 0.25) is 5.91 Å². The number of hydrogen-bond acceptors (Lipinski definition) is 5. The molecule has 1 aromatic rings. The van der Waals surface area contributed by atoms with Gasteiger partial charge < -0.3 is 15.0 Å². The number of phenols is 1. The highest BCUT2D eigenvalue weighted by molar-refractivity contribution is 6.31. The van der Waals surface area contributed by atoms with Crippen molar-refractivity contribution in [3.8, 4) is 5.75 Å². The van der Waals surface area contributed by atoms with Gasteiger partial charge in [0.25, 0.3) is 5.91 Å². The van der Waals surface area contributed by atoms with Crippen LogP contribution >= 0.6 is 11.6 Å². The Morgan fingerprint density at radius 1 is 1.12 bits per heavy atom. The number of aliphatic carboxylic acids is 1. The van der Waals surface area contributed by atoms with Gasteiger partial charge in [-0.05, 0) is 36.5 Å². The average molecular weight is 350 g/mol. The summed E-state index contributed by atoms with van der Waals surface area (Å²) >= 11 is 5.77. The van der Waals surface area contributed by atoms with Gasteiger partial charge in [0, 0.05) is 16.9 Å². The number of nitrogens with one attached hydrogen (secondary N) is 2. The minimum atomic E-state index is -1.27. The van der Waals surface area contributed by atoms with Crippen molar-refractivity contribution in [3.63, 3.8) is 0 Å². The first kappa shape index (κ1) is 16.3. The van der Waals surface area contributed by atoms with Gasteiger partial charge in [-0.1, -0.05) is 23.8 Å². The molecule has 0 aromatic heterocycles. The Balaban J connectivity index is 1.67. The predicted octanol–water partition coefficient (Wildman–Crippen LogP) is -0.00520. The van der Waals surface area contributed by atoms with E-state index >= 15 is 0 Å². The maximum absolute atomic E-state index is 12.3. The lowest BCUT2D eigenvalue weighted by molar-refractivity contribution is -0.313. The average Bonchev–Trinajstić information content (AvgIpc) is 3.15. The zero-order valence-electron chi connectivity index (χ0n) is 12.4. The van der Waals surface area contributed by atoms with Crippen LogP contribution in [0.25, 0.3) is 0 Å². The van der Waals surface area contributed by atoms with Crippen LogP contribution in [0.5, 0.6) is 5.75 Å². The number of aromatic hydroxyl groups is 1. The molecule has 0 heterocycles. The third kappa shape index (κ3) is 2.82. The van der Waals surface area contributed by atoms with Crippen LogP contribution in [0.15, 0.2) is 30.4 Å². The zero-order chi connectivity index (χ0) is 17.4. The number of hydrogen-bond donors (Lipinski definition) is 3. The van der Waals surface area contributed by atoms with E-state index in [2.05, 4.69) is 10.9 Å². The Labute approximate surface area is 142 Å². The summed E-state index contributed by atoms with van der Waals surface area (Å²) in [6, 6.07) is 3.92. The number of benzene rings is 1. The summed E-state index contributed by atoms with van der Waals surface area (Å²) in [7, 11) is 0. The van der Waals surface area contributed by atoms with E-state index < -0.39 is 29.6 Å². The zero-order valence-corrected chi connectivity index (χ0v) is 13.1. The third-order valence-electron chi connectivity index (χ3n) is 4.54. The fraction of sp³-hybridized carbons (Fsp3) is 0.312. The number of carbonyl (C=O) groups excluding carboxylic acids is 3. The quantitative estimate of drug-likeness (QED) is 0.524. The monoisotopic (exact) mass is 349 g/mol. The molecular weight excluding hydrogens is 336 g/mol. The van der Waals surface area contributed by atoms with E-state index in [0.29, 0.717) is 6.42 Å². The van der Waals surface area contributed by atoms with Gasteiger partial charge in [-0.2, -0.15) is 0 Å². The van der Waals surface area contributed by atoms with Crippen molar-refractivity contribution in [3.05, 3.63) is 40.9 Å². The summed E-state index contributed by atoms with van der Waals surface area (Å²) in [5.74, 6) is -5.03. The predicted molar refractivity (Wildman–Crippen MR) is 81.4 cm³/mol. The normalized spacial score (nSPS) is 27.0. The van der Waals surface area contributed by atoms with Crippen LogP contribution in [-0.2, 0) is 9.59 Å². The van der Waals surface area contributed by atoms with Crippen LogP contribution in [-0.4, -0.2) is 22.9 Å². The molecule has 3 N–H and O–H groups in total. The van der Waals surface area contributed by atoms with Crippen molar-refractivity contribution >= 4 is 29.4 Å². The van der Waals surface area contributed by atoms with Crippen LogP contribution in [0.1, 0.15) is 16.8 Å². The summed E-state index contributed by atoms with van der Waals surface area (Å²) in [6.07, 6.45) is 4.19. The standard InChI is InChI=1S/C16H15ClN2O5/c17-9-3-4-11(20)10(6-9)14(21)18-19-15(22)12-7-1-2-8(5-7)13(12)16(23)24/h1-4,6-8,12-13,20H,5H2,(H,18,21)(H,19,22)(H,23,24)/p-1/t7-,8-,12-,13-/m0/s1. The van der Waals surface area contributed by atoms with Crippen molar-refractivity contribution in [1.29, 1.82) is 0 Å². The summed E-state index contributed by atoms with van der Waals surface area (Å²) in [4.78, 5) is 35.6. The topological polar surface area (TPSA) is 119 Å². The smallest absolute Gasteiger partial charge is 0.273 e. The summed E-state index contributed by atoms with van der Waals surface area (Å²) < 4.78 is 0. The Hall–Kier alpha value is -2.54. The molecule has 2 aliphatic carbocycles. The molecule has 0 aliphatic heterocycles. The molecule has 126 valence electrons. The minimum Gasteiger partial charge on any atom is -0.550 e. The number of fused-ring (bicyclic) bond motifs is 2. The molecule has 0 saturated heterocycles. The van der Waals surface area contributed by atoms with Gasteiger partial charge in [0.15, 0.2) is 0 Å². The summed E-state index contributed by atoms with van der Waals surface area (Å²) in [5, 5.41) is 21.2. The Morgan fingerprint density at radius 3 is 2.46 bits per heavy atom. The van der Waals surface area contributed by atoms with Crippen LogP contribution in [0, 0.1) is 23.7 Å². The Morgan fingerprint density at radius 2 is 1.79 bits per heavy atom. The molecular formula is C16H14ClN2O5-. The minimum absolute atomic E-state index is 0.105. The molecule has 2 amide bonds. The number of amides is 2. The molecule has 2 bridgehead atoms. The SMILES string of the molecule is O=C(NNC(=O)[C@@H]1[C@@H](C(=O)[O-])[C@H]2C=C[C@H]1C2)c1cc(Cl)ccc1O. The molecule has 1 saturated carbocycles. The first-order chi connectivity index (χ1) is 11.4. The van der Waals surface area contributed by atoms with Crippen molar-refractivity contribution in [1.82, 2.24) is 10.9 Å². The molecule has 0 radical (unpaired) electrons. The number of carbonyl (C=O) groups is 3. The molecule has 0 spiro atoms. The van der Waals surface area contributed by atoms with E-state index in [0.717, 1.165) is 0 Å². The highest BCUT2D eigenvalue weighted by Gasteiger charge is 2.48. The largest absolute Gasteiger partial charge is 0.550 e. The summed E-state index contributed by atoms with van der Waals surface area (Å²) in [5.41, 5.74) is 4.29. The third-order valence-corrected chi connectivity index (χ3v) is 4.77. The van der Waals surface area contributed by atoms with E-state index in [1.807, 2.05) is 6.08 Å². The molecule has 8 heteroatoms. The highest BCUT2D eigenvalue weighted by Crippen LogP contribution is 2.47. The van der Waals surface area contributed by atoms with E-state index in [-0.39, 0.29) is 28.2 Å². The molecule has 1 aromatic carbocycles. The second-order valence-electron chi connectivity index (χ2n) is 5.92. The number of phenolic OH excluding ortho intramolecular Hbond substituents is 1. The van der Waals surface area contributed by atoms with Gasteiger partial charge in [-0.15, -0.1) is 0 Å². The number of rotatable bonds is 3. The number of hydrazine groups is 1. The fourth-order valence-electron chi connectivity index (χ4n) is 3.46. The Bertz CT molecular complexity index is 748. The van der Waals surface area contributed by atoms with Crippen molar-refractivity contribution in [2.75, 3.05) is 0 Å². The van der Waals surface area contributed by atoms with E-state index in [1.165, 1.54) is 18.2 Å². The van der Waals surface area contributed by atoms with Crippen LogP contribution in [0.4, 0.5) is 0 Å². The second kappa shape index (κ2) is 6.16. The first-order valence-corrected chi connectivity index (χ1v) is 7.74. The van der Waals surface area contributed by atoms with Gasteiger partial charge >= 0.3 is 0 Å². The van der Waals surface area contributed by atoms with Crippen LogP contribution in [0.3, 0.4) is 0 Å². The number of allylic oxidation sites excluding steroid dienone is 2. The Kier molecular flexibility index (Phi) is 4.19. The second-order valence-corrected chi connectivity index (χ2v) is 6.36. The van der Waals surface area contributed by atoms with E-state index in [4.69, 9.17) is 11.6 Å². The van der Waals surface area contributed by atoms with Gasteiger partial charge in [0.1, 0.15) is 5.75 Å². The lowest BCUT2D eigenvalue weighted by atomic mass is 9.82. The number of carboxylic acids is 1. The van der Waals surface area contributed by atoms with Crippen molar-refractivity contribution in [2.24, 2.45) is 23.7 Å². The number of carboxylic acid groups (broad SMARTS) is 1. The molecule has 1 fully saturated rings. The maximum Gasteiger partial charge on any atom is 0.273 e. The fourth-order valence-corrected chi connectivity index (χ4v) is 3.63. The molecule has 3 rings (SSSR count). The summed E-state index contributed by atoms with van der Waals surface area (Å²) in [6.45, 7) is 0. The van der Waals surface area contributed by atoms with Crippen LogP contribution < -0.4 is 16.0 Å². The first-order valence-electron chi connectivity index (χ1n) is 7.36. The van der Waals surface area contributed by atoms with Gasteiger partial charge in [-0.25, -0.2) is 0 Å². The molecule has 2 aliphatic rings. The lowest BCUT2D eigenvalue weighted by Crippen LogP contribution is -2.50. The van der Waals surface area contributed by atoms with Gasteiger partial charge in [0.05, 0.1) is 11.5 Å². The molecule has 24 heavy (non-hydrogen) atoms. The van der Waals surface area contributed by atoms with E-state index in [9.17, 15) is 24.6 Å². The molecule has 4 atom stereocenters. The van der Waals surface area contributed by atoms with Crippen molar-refractivity contribution < 1.29 is 24.6 Å². The molecule has 0 unspecified atom stereocenters. The lowest BCUT2D eigenvalue weighted by Gasteiger charge is -2.27. The van der Waals surface area contributed by atoms with Crippen LogP contribution in [0.2, 0.25) is 5.02 Å². The maximum atomic E-state index is 12.3. The van der Waals surface area contributed by atoms with Crippen molar-refractivity contribution in [2.45, 2.75) is 6.42 Å². The van der Waals surface area contributed by atoms with Gasteiger partial charge in [-0.3, -0.25) is 20.4 Å². The van der Waals surface area contributed by atoms with E-state index in [1.54, 1.807) is 6.08 Å². The number of halogens is 1. The highest BCUT2D eigenvalue weighted by atomic mass is 35.5.